The van der Waals surface area contributed by atoms with E-state index in [-0.39, 0.29) is 6.04 Å². The van der Waals surface area contributed by atoms with Gasteiger partial charge in [-0.2, -0.15) is 0 Å². The number of halogens is 1. The molecule has 2 aromatic carbocycles. The summed E-state index contributed by atoms with van der Waals surface area (Å²) in [6.07, 6.45) is 4.66. The van der Waals surface area contributed by atoms with E-state index >= 15 is 0 Å². The molecule has 0 aliphatic carbocycles. The summed E-state index contributed by atoms with van der Waals surface area (Å²) < 4.78 is 11.9. The van der Waals surface area contributed by atoms with Crippen LogP contribution in [0.5, 0.6) is 0 Å². The molecule has 2 aromatic heterocycles. The highest BCUT2D eigenvalue weighted by atomic mass is 35.5. The highest BCUT2D eigenvalue weighted by Gasteiger charge is 2.23. The first-order chi connectivity index (χ1) is 18.2. The summed E-state index contributed by atoms with van der Waals surface area (Å²) in [5.41, 5.74) is 4.22. The van der Waals surface area contributed by atoms with E-state index in [0.29, 0.717) is 18.2 Å². The van der Waals surface area contributed by atoms with Crippen LogP contribution >= 0.6 is 11.6 Å². The van der Waals surface area contributed by atoms with Gasteiger partial charge in [-0.1, -0.05) is 41.9 Å². The lowest BCUT2D eigenvalue weighted by Crippen LogP contribution is -2.36. The summed E-state index contributed by atoms with van der Waals surface area (Å²) in [4.78, 5) is 11.6. The van der Waals surface area contributed by atoms with Gasteiger partial charge in [-0.3, -0.25) is 4.98 Å². The van der Waals surface area contributed by atoms with Crippen LogP contribution in [0.25, 0.3) is 10.9 Å². The van der Waals surface area contributed by atoms with E-state index in [1.165, 1.54) is 5.56 Å². The number of aromatic nitrogens is 2. The lowest BCUT2D eigenvalue weighted by atomic mass is 10.1. The van der Waals surface area contributed by atoms with Crippen LogP contribution in [0.2, 0.25) is 5.02 Å². The second-order valence-corrected chi connectivity index (χ2v) is 9.83. The third kappa shape index (κ3) is 6.60. The second kappa shape index (κ2) is 12.4. The Morgan fingerprint density at radius 2 is 1.84 bits per heavy atom. The molecule has 0 amide bonds. The number of rotatable bonds is 11. The molecule has 7 nitrogen and oxygen atoms in total. The summed E-state index contributed by atoms with van der Waals surface area (Å²) in [7, 11) is 0. The molecule has 3 heterocycles. The minimum Gasteiger partial charge on any atom is -0.423 e. The number of oxazole rings is 1. The summed E-state index contributed by atoms with van der Waals surface area (Å²) in [5.74, 6) is 1.62. The van der Waals surface area contributed by atoms with Crippen LogP contribution in [0, 0.1) is 0 Å². The molecule has 37 heavy (non-hydrogen) atoms. The Bertz CT molecular complexity index is 1290. The first-order valence-corrected chi connectivity index (χ1v) is 13.4. The van der Waals surface area contributed by atoms with Gasteiger partial charge in [0, 0.05) is 48.3 Å². The van der Waals surface area contributed by atoms with Crippen LogP contribution in [0.1, 0.15) is 43.0 Å². The van der Waals surface area contributed by atoms with Gasteiger partial charge in [-0.15, -0.1) is 0 Å². The van der Waals surface area contributed by atoms with E-state index < -0.39 is 0 Å². The zero-order valence-corrected chi connectivity index (χ0v) is 22.0. The second-order valence-electron chi connectivity index (χ2n) is 9.40. The molecule has 2 N–H and O–H groups in total. The van der Waals surface area contributed by atoms with Gasteiger partial charge in [0.2, 0.25) is 11.8 Å². The fourth-order valence-corrected chi connectivity index (χ4v) is 4.79. The molecule has 1 saturated heterocycles. The minimum absolute atomic E-state index is 0.0335. The van der Waals surface area contributed by atoms with Crippen molar-refractivity contribution in [3.63, 3.8) is 0 Å². The number of hydrogen-bond donors (Lipinski definition) is 2. The van der Waals surface area contributed by atoms with Crippen LogP contribution < -0.4 is 15.5 Å². The number of anilines is 2. The zero-order chi connectivity index (χ0) is 25.5. The van der Waals surface area contributed by atoms with Crippen LogP contribution in [-0.4, -0.2) is 49.4 Å². The molecule has 1 aliphatic rings. The number of nitrogens with zero attached hydrogens (tertiary/aromatic N) is 3. The Morgan fingerprint density at radius 3 is 2.68 bits per heavy atom. The van der Waals surface area contributed by atoms with Gasteiger partial charge in [-0.05, 0) is 56.1 Å². The zero-order valence-electron chi connectivity index (χ0n) is 21.3. The van der Waals surface area contributed by atoms with Crippen molar-refractivity contribution in [1.29, 1.82) is 0 Å². The predicted octanol–water partition coefficient (Wildman–Crippen LogP) is 5.85. The van der Waals surface area contributed by atoms with Crippen molar-refractivity contribution in [2.45, 2.75) is 32.2 Å². The lowest BCUT2D eigenvalue weighted by molar-refractivity contribution is 0.120. The highest BCUT2D eigenvalue weighted by Crippen LogP contribution is 2.28. The Labute approximate surface area is 223 Å². The van der Waals surface area contributed by atoms with Crippen LogP contribution in [0.3, 0.4) is 0 Å². The van der Waals surface area contributed by atoms with Gasteiger partial charge in [-0.25, -0.2) is 4.98 Å². The maximum Gasteiger partial charge on any atom is 0.220 e. The minimum atomic E-state index is 0.0335. The molecule has 1 fully saturated rings. The number of morpholine rings is 1. The topological polar surface area (TPSA) is 75.5 Å². The monoisotopic (exact) mass is 519 g/mol. The summed E-state index contributed by atoms with van der Waals surface area (Å²) in [6.45, 7) is 6.97. The summed E-state index contributed by atoms with van der Waals surface area (Å²) in [5, 5.41) is 8.92. The van der Waals surface area contributed by atoms with Gasteiger partial charge in [0.1, 0.15) is 5.69 Å². The third-order valence-corrected chi connectivity index (χ3v) is 6.89. The Morgan fingerprint density at radius 1 is 1.03 bits per heavy atom. The summed E-state index contributed by atoms with van der Waals surface area (Å²) in [6, 6.07) is 18.3. The first-order valence-electron chi connectivity index (χ1n) is 13.0. The molecule has 8 heteroatoms. The quantitative estimate of drug-likeness (QED) is 0.241. The van der Waals surface area contributed by atoms with E-state index in [4.69, 9.17) is 25.7 Å². The van der Waals surface area contributed by atoms with Crippen LogP contribution in [0.4, 0.5) is 11.6 Å². The molecule has 194 valence electrons. The van der Waals surface area contributed by atoms with E-state index in [9.17, 15) is 0 Å². The SMILES string of the molecule is CC(NCCCCNc1ccnc2cc(Cl)ccc12)c1nc(Cc2ccccc2)c(N2CCOCC2)o1. The van der Waals surface area contributed by atoms with Crippen molar-refractivity contribution in [1.82, 2.24) is 15.3 Å². The molecule has 1 aliphatic heterocycles. The normalized spacial score (nSPS) is 14.7. The van der Waals surface area contributed by atoms with Crippen molar-refractivity contribution in [2.24, 2.45) is 0 Å². The smallest absolute Gasteiger partial charge is 0.220 e. The van der Waals surface area contributed by atoms with Crippen molar-refractivity contribution < 1.29 is 9.15 Å². The number of fused-ring (bicyclic) bond motifs is 1. The van der Waals surface area contributed by atoms with E-state index in [1.807, 2.05) is 36.5 Å². The average Bonchev–Trinajstić information content (AvgIpc) is 3.35. The molecule has 0 saturated carbocycles. The highest BCUT2D eigenvalue weighted by molar-refractivity contribution is 6.31. The number of nitrogens with one attached hydrogen (secondary N) is 2. The van der Waals surface area contributed by atoms with Gasteiger partial charge in [0.15, 0.2) is 0 Å². The maximum absolute atomic E-state index is 6.34. The summed E-state index contributed by atoms with van der Waals surface area (Å²) >= 11 is 6.10. The largest absolute Gasteiger partial charge is 0.423 e. The number of unbranched alkanes of at least 4 members (excludes halogenated alkanes) is 1. The van der Waals surface area contributed by atoms with E-state index in [0.717, 1.165) is 79.5 Å². The van der Waals surface area contributed by atoms with Crippen LogP contribution in [-0.2, 0) is 11.2 Å². The molecular weight excluding hydrogens is 486 g/mol. The Hall–Kier alpha value is -3.13. The number of benzene rings is 2. The molecule has 1 unspecified atom stereocenters. The third-order valence-electron chi connectivity index (χ3n) is 6.65. The van der Waals surface area contributed by atoms with Crippen molar-refractivity contribution >= 4 is 34.1 Å². The number of hydrogen-bond acceptors (Lipinski definition) is 7. The van der Waals surface area contributed by atoms with Gasteiger partial charge in [0.05, 0.1) is 24.8 Å². The fraction of sp³-hybridized carbons (Fsp3) is 0.379. The van der Waals surface area contributed by atoms with E-state index in [2.05, 4.69) is 51.7 Å². The van der Waals surface area contributed by atoms with Gasteiger partial charge < -0.3 is 24.7 Å². The predicted molar refractivity (Wildman–Crippen MR) is 150 cm³/mol. The first kappa shape index (κ1) is 25.5. The Balaban J connectivity index is 1.14. The van der Waals surface area contributed by atoms with Gasteiger partial charge in [0.25, 0.3) is 0 Å². The number of pyridine rings is 1. The maximum atomic E-state index is 6.34. The fourth-order valence-electron chi connectivity index (χ4n) is 4.62. The van der Waals surface area contributed by atoms with Crippen LogP contribution in [0.15, 0.2) is 65.2 Å². The van der Waals surface area contributed by atoms with Crippen molar-refractivity contribution in [3.8, 4) is 0 Å². The van der Waals surface area contributed by atoms with Gasteiger partial charge >= 0.3 is 0 Å². The van der Waals surface area contributed by atoms with Crippen molar-refractivity contribution in [2.75, 3.05) is 49.6 Å². The molecule has 4 aromatic rings. The molecule has 1 atom stereocenters. The molecule has 5 rings (SSSR count). The number of ether oxygens (including phenoxy) is 1. The molecular formula is C29H34ClN5O2. The lowest BCUT2D eigenvalue weighted by Gasteiger charge is -2.26. The standard InChI is InChI=1S/C29H34ClN5O2/c1-21(31-12-5-6-13-32-25-11-14-33-26-20-23(30)9-10-24(25)26)28-34-27(19-22-7-3-2-4-8-22)29(37-28)35-15-17-36-18-16-35/h2-4,7-11,14,20-21,31H,5-6,12-13,15-19H2,1H3,(H,32,33). The molecule has 0 spiro atoms. The van der Waals surface area contributed by atoms with Crippen molar-refractivity contribution in [3.05, 3.63) is 83.0 Å². The Kier molecular flexibility index (Phi) is 8.56. The molecule has 0 bridgehead atoms. The van der Waals surface area contributed by atoms with E-state index in [1.54, 1.807) is 0 Å². The molecule has 0 radical (unpaired) electrons. The average molecular weight is 520 g/mol.